The average Bonchev–Trinajstić information content (AvgIpc) is 2.93. The summed E-state index contributed by atoms with van der Waals surface area (Å²) in [4.78, 5) is 18.6. The van der Waals surface area contributed by atoms with E-state index < -0.39 is 0 Å². The fourth-order valence-corrected chi connectivity index (χ4v) is 2.75. The van der Waals surface area contributed by atoms with Crippen molar-refractivity contribution in [3.63, 3.8) is 0 Å². The Morgan fingerprint density at radius 2 is 2.42 bits per heavy atom. The molecule has 0 radical (unpaired) electrons. The van der Waals surface area contributed by atoms with Crippen molar-refractivity contribution in [3.05, 3.63) is 65.1 Å². The molecule has 5 heteroatoms. The largest absolute Gasteiger partial charge is 0.442 e. The summed E-state index contributed by atoms with van der Waals surface area (Å²) < 4.78 is 5.22. The highest BCUT2D eigenvalue weighted by Gasteiger charge is 2.19. The number of allylic oxidation sites excluding steroid dienone is 2. The number of nitrogens with zero attached hydrogens (tertiary/aromatic N) is 2. The van der Waals surface area contributed by atoms with Gasteiger partial charge in [-0.15, -0.1) is 11.8 Å². The molecule has 3 heterocycles. The number of amides is 1. The van der Waals surface area contributed by atoms with Gasteiger partial charge in [-0.05, 0) is 23.8 Å². The van der Waals surface area contributed by atoms with E-state index in [0.717, 1.165) is 16.4 Å². The quantitative estimate of drug-likeness (QED) is 0.830. The summed E-state index contributed by atoms with van der Waals surface area (Å²) in [5.41, 5.74) is 1.92. The Kier molecular flexibility index (Phi) is 3.37. The van der Waals surface area contributed by atoms with Crippen LogP contribution in [0, 0.1) is 0 Å². The second-order valence-corrected chi connectivity index (χ2v) is 5.12. The maximum atomic E-state index is 11.9. The third-order valence-electron chi connectivity index (χ3n) is 2.78. The van der Waals surface area contributed by atoms with Crippen LogP contribution in [0.3, 0.4) is 0 Å². The van der Waals surface area contributed by atoms with Gasteiger partial charge >= 0.3 is 6.09 Å². The van der Waals surface area contributed by atoms with Gasteiger partial charge in [0.15, 0.2) is 0 Å². The molecule has 0 saturated carbocycles. The Balaban J connectivity index is 1.61. The highest BCUT2D eigenvalue weighted by atomic mass is 32.2. The van der Waals surface area contributed by atoms with Gasteiger partial charge < -0.3 is 4.74 Å². The maximum Gasteiger partial charge on any atom is 0.418 e. The van der Waals surface area contributed by atoms with Crippen LogP contribution in [0.1, 0.15) is 5.69 Å². The van der Waals surface area contributed by atoms with Gasteiger partial charge in [-0.3, -0.25) is 9.88 Å². The first kappa shape index (κ1) is 12.0. The smallest absolute Gasteiger partial charge is 0.418 e. The number of ether oxygens (including phenoxy) is 1. The monoisotopic (exact) mass is 272 g/mol. The van der Waals surface area contributed by atoms with E-state index in [1.807, 2.05) is 30.5 Å². The highest BCUT2D eigenvalue weighted by Crippen LogP contribution is 2.34. The molecule has 2 aliphatic rings. The van der Waals surface area contributed by atoms with E-state index in [1.54, 1.807) is 24.2 Å². The number of fused-ring (bicyclic) bond motifs is 1. The molecular formula is C14H12N2O2S. The molecule has 0 atom stereocenters. The Hall–Kier alpha value is -2.01. The summed E-state index contributed by atoms with van der Waals surface area (Å²) >= 11 is 1.72. The minimum Gasteiger partial charge on any atom is -0.442 e. The summed E-state index contributed by atoms with van der Waals surface area (Å²) in [6.45, 7) is 0.184. The molecule has 3 rings (SSSR count). The van der Waals surface area contributed by atoms with Crippen LogP contribution in [-0.4, -0.2) is 21.7 Å². The average molecular weight is 272 g/mol. The first-order chi connectivity index (χ1) is 9.33. The molecule has 0 N–H and O–H groups in total. The van der Waals surface area contributed by atoms with Crippen molar-refractivity contribution in [3.8, 4) is 0 Å². The molecule has 1 aromatic rings. The van der Waals surface area contributed by atoms with Gasteiger partial charge in [0.05, 0.1) is 5.69 Å². The number of pyridine rings is 1. The summed E-state index contributed by atoms with van der Waals surface area (Å²) in [5, 5.41) is 0. The van der Waals surface area contributed by atoms with Crippen LogP contribution in [0.4, 0.5) is 4.79 Å². The topological polar surface area (TPSA) is 42.4 Å². The van der Waals surface area contributed by atoms with Crippen molar-refractivity contribution < 1.29 is 9.53 Å². The SMILES string of the molecule is O=C(OCc1ccccn1)N1C=CC2=CCSC2=C1. The normalized spacial score (nSPS) is 16.7. The lowest BCUT2D eigenvalue weighted by Gasteiger charge is -2.18. The molecule has 4 nitrogen and oxygen atoms in total. The summed E-state index contributed by atoms with van der Waals surface area (Å²) in [7, 11) is 0. The van der Waals surface area contributed by atoms with Crippen molar-refractivity contribution in [2.75, 3.05) is 5.75 Å². The van der Waals surface area contributed by atoms with E-state index in [0.29, 0.717) is 0 Å². The van der Waals surface area contributed by atoms with Crippen molar-refractivity contribution in [2.45, 2.75) is 6.61 Å². The van der Waals surface area contributed by atoms with Crippen molar-refractivity contribution >= 4 is 17.9 Å². The highest BCUT2D eigenvalue weighted by molar-refractivity contribution is 8.03. The molecule has 1 amide bonds. The van der Waals surface area contributed by atoms with Gasteiger partial charge in [-0.2, -0.15) is 0 Å². The van der Waals surface area contributed by atoms with Gasteiger partial charge in [0, 0.05) is 29.3 Å². The molecule has 0 saturated heterocycles. The number of carbonyl (C=O) groups excluding carboxylic acids is 1. The Morgan fingerprint density at radius 3 is 3.26 bits per heavy atom. The first-order valence-corrected chi connectivity index (χ1v) is 6.90. The summed E-state index contributed by atoms with van der Waals surface area (Å²) in [6, 6.07) is 5.52. The molecule has 1 aromatic heterocycles. The van der Waals surface area contributed by atoms with Gasteiger partial charge in [0.1, 0.15) is 6.61 Å². The lowest BCUT2D eigenvalue weighted by molar-refractivity contribution is 0.119. The summed E-state index contributed by atoms with van der Waals surface area (Å²) in [5.74, 6) is 0.961. The van der Waals surface area contributed by atoms with Crippen LogP contribution in [0.15, 0.2) is 59.4 Å². The Bertz CT molecular complexity index is 578. The van der Waals surface area contributed by atoms with Crippen LogP contribution in [0.2, 0.25) is 0 Å². The third-order valence-corrected chi connectivity index (χ3v) is 3.76. The number of thioether (sulfide) groups is 1. The molecule has 0 fully saturated rings. The van der Waals surface area contributed by atoms with Crippen LogP contribution in [0.5, 0.6) is 0 Å². The molecule has 0 aromatic carbocycles. The first-order valence-electron chi connectivity index (χ1n) is 5.91. The van der Waals surface area contributed by atoms with E-state index in [-0.39, 0.29) is 12.7 Å². The molecule has 19 heavy (non-hydrogen) atoms. The number of carbonyl (C=O) groups is 1. The number of hydrogen-bond acceptors (Lipinski definition) is 4. The molecule has 2 aliphatic heterocycles. The minimum atomic E-state index is -0.388. The van der Waals surface area contributed by atoms with Crippen molar-refractivity contribution in [2.24, 2.45) is 0 Å². The third kappa shape index (κ3) is 2.71. The molecule has 0 unspecified atom stereocenters. The predicted octanol–water partition coefficient (Wildman–Crippen LogP) is 3.06. The van der Waals surface area contributed by atoms with Crippen LogP contribution in [-0.2, 0) is 11.3 Å². The van der Waals surface area contributed by atoms with Gasteiger partial charge in [0.2, 0.25) is 0 Å². The maximum absolute atomic E-state index is 11.9. The Labute approximate surface area is 115 Å². The molecule has 0 aliphatic carbocycles. The summed E-state index contributed by atoms with van der Waals surface area (Å²) in [6.07, 6.45) is 8.90. The molecule has 0 bridgehead atoms. The van der Waals surface area contributed by atoms with Crippen LogP contribution in [0.25, 0.3) is 0 Å². The van der Waals surface area contributed by atoms with Crippen LogP contribution < -0.4 is 0 Å². The number of hydrogen-bond donors (Lipinski definition) is 0. The van der Waals surface area contributed by atoms with Gasteiger partial charge in [-0.1, -0.05) is 12.1 Å². The van der Waals surface area contributed by atoms with E-state index in [1.165, 1.54) is 10.5 Å². The van der Waals surface area contributed by atoms with Crippen molar-refractivity contribution in [1.29, 1.82) is 0 Å². The number of aromatic nitrogens is 1. The standard InChI is InChI=1S/C14H12N2O2S/c17-14(18-10-12-3-1-2-6-15-12)16-7-4-11-5-8-19-13(11)9-16/h1-7,9H,8,10H2. The fraction of sp³-hybridized carbons (Fsp3) is 0.143. The van der Waals surface area contributed by atoms with E-state index in [9.17, 15) is 4.79 Å². The van der Waals surface area contributed by atoms with Gasteiger partial charge in [-0.25, -0.2) is 4.79 Å². The van der Waals surface area contributed by atoms with Gasteiger partial charge in [0.25, 0.3) is 0 Å². The molecule has 0 spiro atoms. The fourth-order valence-electron chi connectivity index (χ4n) is 1.80. The van der Waals surface area contributed by atoms with E-state index >= 15 is 0 Å². The van der Waals surface area contributed by atoms with E-state index in [4.69, 9.17) is 4.74 Å². The lowest BCUT2D eigenvalue weighted by atomic mass is 10.2. The minimum absolute atomic E-state index is 0.184. The van der Waals surface area contributed by atoms with E-state index in [2.05, 4.69) is 11.1 Å². The Morgan fingerprint density at radius 1 is 1.47 bits per heavy atom. The number of rotatable bonds is 2. The zero-order chi connectivity index (χ0) is 13.1. The van der Waals surface area contributed by atoms with Crippen LogP contribution >= 0.6 is 11.8 Å². The second kappa shape index (κ2) is 5.32. The predicted molar refractivity (Wildman–Crippen MR) is 74.0 cm³/mol. The second-order valence-electron chi connectivity index (χ2n) is 4.06. The molecular weight excluding hydrogens is 260 g/mol. The zero-order valence-electron chi connectivity index (χ0n) is 10.2. The van der Waals surface area contributed by atoms with Crippen molar-refractivity contribution in [1.82, 2.24) is 9.88 Å². The molecule has 96 valence electrons. The zero-order valence-corrected chi connectivity index (χ0v) is 11.0. The lowest BCUT2D eigenvalue weighted by Crippen LogP contribution is -2.23.